The van der Waals surface area contributed by atoms with E-state index in [-0.39, 0.29) is 5.75 Å². The van der Waals surface area contributed by atoms with E-state index in [9.17, 15) is 13.5 Å². The lowest BCUT2D eigenvalue weighted by Crippen LogP contribution is -2.48. The molecule has 1 fully saturated rings. The van der Waals surface area contributed by atoms with Crippen LogP contribution in [0.1, 0.15) is 5.56 Å². The SMILES string of the molecule is CN(C)c1cccc2c(S(=O)(=O)N3CCN(Cc4ccc5cccnc5c4O)CC3)cccc12. The van der Waals surface area contributed by atoms with Gasteiger partial charge in [-0.2, -0.15) is 4.31 Å². The largest absolute Gasteiger partial charge is 0.505 e. The number of fused-ring (bicyclic) bond motifs is 2. The van der Waals surface area contributed by atoms with Crippen LogP contribution in [-0.2, 0) is 16.6 Å². The minimum absolute atomic E-state index is 0.195. The Morgan fingerprint density at radius 3 is 2.41 bits per heavy atom. The van der Waals surface area contributed by atoms with Gasteiger partial charge in [-0.3, -0.25) is 9.88 Å². The standard InChI is InChI=1S/C26H28N4O3S/c1-28(2)23-9-3-8-22-21(23)7-4-10-24(22)34(32,33)30-16-14-29(15-17-30)18-20-12-11-19-6-5-13-27-25(19)26(20)31/h3-13,31H,14-18H2,1-2H3. The van der Waals surface area contributed by atoms with Gasteiger partial charge in [0.15, 0.2) is 0 Å². The average Bonchev–Trinajstić information content (AvgIpc) is 2.85. The number of rotatable bonds is 5. The van der Waals surface area contributed by atoms with Crippen molar-refractivity contribution in [3.05, 3.63) is 72.4 Å². The molecule has 2 heterocycles. The molecule has 0 aliphatic carbocycles. The number of phenols is 1. The zero-order valence-corrected chi connectivity index (χ0v) is 20.2. The van der Waals surface area contributed by atoms with E-state index >= 15 is 0 Å². The summed E-state index contributed by atoms with van der Waals surface area (Å²) in [6.45, 7) is 2.53. The van der Waals surface area contributed by atoms with Crippen LogP contribution in [0.15, 0.2) is 71.8 Å². The van der Waals surface area contributed by atoms with Gasteiger partial charge in [0, 0.05) is 80.4 Å². The molecule has 0 bridgehead atoms. The van der Waals surface area contributed by atoms with Crippen LogP contribution in [0.2, 0.25) is 0 Å². The minimum atomic E-state index is -3.64. The van der Waals surface area contributed by atoms with Crippen LogP contribution >= 0.6 is 0 Å². The summed E-state index contributed by atoms with van der Waals surface area (Å²) >= 11 is 0. The molecule has 0 amide bonds. The molecule has 0 saturated carbocycles. The zero-order valence-electron chi connectivity index (χ0n) is 19.3. The highest BCUT2D eigenvalue weighted by atomic mass is 32.2. The number of phenolic OH excluding ortho intramolecular Hbond substituents is 1. The van der Waals surface area contributed by atoms with E-state index in [0.29, 0.717) is 43.1 Å². The Morgan fingerprint density at radius 1 is 0.912 bits per heavy atom. The monoisotopic (exact) mass is 476 g/mol. The number of hydrogen-bond acceptors (Lipinski definition) is 6. The summed E-state index contributed by atoms with van der Waals surface area (Å²) in [5.74, 6) is 0.195. The normalized spacial score (nSPS) is 15.7. The highest BCUT2D eigenvalue weighted by Gasteiger charge is 2.30. The van der Waals surface area contributed by atoms with Gasteiger partial charge < -0.3 is 10.0 Å². The number of pyridine rings is 1. The van der Waals surface area contributed by atoms with Crippen LogP contribution < -0.4 is 4.90 Å². The maximum absolute atomic E-state index is 13.6. The minimum Gasteiger partial charge on any atom is -0.505 e. The molecule has 1 aromatic heterocycles. The first-order chi connectivity index (χ1) is 16.4. The maximum atomic E-state index is 13.6. The van der Waals surface area contributed by atoms with E-state index in [4.69, 9.17) is 0 Å². The fourth-order valence-corrected chi connectivity index (χ4v) is 6.32. The van der Waals surface area contributed by atoms with Gasteiger partial charge >= 0.3 is 0 Å². The summed E-state index contributed by atoms with van der Waals surface area (Å²) in [7, 11) is 0.278. The summed E-state index contributed by atoms with van der Waals surface area (Å²) in [6, 6.07) is 18.9. The molecule has 0 atom stereocenters. The van der Waals surface area contributed by atoms with E-state index in [1.54, 1.807) is 16.6 Å². The van der Waals surface area contributed by atoms with Crippen LogP contribution in [0.4, 0.5) is 5.69 Å². The number of piperazine rings is 1. The molecule has 7 nitrogen and oxygen atoms in total. The molecule has 0 radical (unpaired) electrons. The van der Waals surface area contributed by atoms with Crippen LogP contribution in [-0.4, -0.2) is 68.0 Å². The Labute approximate surface area is 199 Å². The van der Waals surface area contributed by atoms with Crippen molar-refractivity contribution < 1.29 is 13.5 Å². The van der Waals surface area contributed by atoms with E-state index in [2.05, 4.69) is 9.88 Å². The zero-order chi connectivity index (χ0) is 23.9. The van der Waals surface area contributed by atoms with Crippen LogP contribution in [0.3, 0.4) is 0 Å². The van der Waals surface area contributed by atoms with Crippen LogP contribution in [0.25, 0.3) is 21.7 Å². The van der Waals surface area contributed by atoms with Gasteiger partial charge in [0.1, 0.15) is 11.3 Å². The molecule has 1 aliphatic rings. The summed E-state index contributed by atoms with van der Waals surface area (Å²) < 4.78 is 28.8. The van der Waals surface area contributed by atoms with Crippen molar-refractivity contribution >= 4 is 37.4 Å². The number of aromatic nitrogens is 1. The summed E-state index contributed by atoms with van der Waals surface area (Å²) in [5.41, 5.74) is 2.38. The fourth-order valence-electron chi connectivity index (χ4n) is 4.69. The van der Waals surface area contributed by atoms with Crippen LogP contribution in [0, 0.1) is 0 Å². The number of anilines is 1. The smallest absolute Gasteiger partial charge is 0.243 e. The van der Waals surface area contributed by atoms with E-state index < -0.39 is 10.0 Å². The summed E-state index contributed by atoms with van der Waals surface area (Å²) in [6.07, 6.45) is 1.67. The van der Waals surface area contributed by atoms with Crippen molar-refractivity contribution in [3.63, 3.8) is 0 Å². The maximum Gasteiger partial charge on any atom is 0.243 e. The Kier molecular flexibility index (Phi) is 5.89. The van der Waals surface area contributed by atoms with Crippen molar-refractivity contribution in [2.24, 2.45) is 0 Å². The molecule has 3 aromatic carbocycles. The third-order valence-electron chi connectivity index (χ3n) is 6.52. The van der Waals surface area contributed by atoms with Gasteiger partial charge in [0.25, 0.3) is 0 Å². The molecule has 34 heavy (non-hydrogen) atoms. The summed E-state index contributed by atoms with van der Waals surface area (Å²) in [5, 5.41) is 13.2. The second-order valence-corrected chi connectivity index (χ2v) is 10.8. The first kappa shape index (κ1) is 22.6. The quantitative estimate of drug-likeness (QED) is 0.474. The third-order valence-corrected chi connectivity index (χ3v) is 8.47. The lowest BCUT2D eigenvalue weighted by molar-refractivity contribution is 0.180. The first-order valence-electron chi connectivity index (χ1n) is 11.3. The molecule has 4 aromatic rings. The van der Waals surface area contributed by atoms with Gasteiger partial charge in [-0.1, -0.05) is 42.5 Å². The Balaban J connectivity index is 1.35. The highest BCUT2D eigenvalue weighted by molar-refractivity contribution is 7.89. The van der Waals surface area contributed by atoms with Crippen LogP contribution in [0.5, 0.6) is 5.75 Å². The molecule has 1 saturated heterocycles. The molecule has 1 N–H and O–H groups in total. The number of nitrogens with zero attached hydrogens (tertiary/aromatic N) is 4. The molecule has 8 heteroatoms. The van der Waals surface area contributed by atoms with E-state index in [0.717, 1.165) is 27.4 Å². The second kappa shape index (κ2) is 8.87. The van der Waals surface area contributed by atoms with Crippen molar-refractivity contribution in [3.8, 4) is 5.75 Å². The van der Waals surface area contributed by atoms with Gasteiger partial charge in [-0.15, -0.1) is 0 Å². The Morgan fingerprint density at radius 2 is 1.65 bits per heavy atom. The molecule has 5 rings (SSSR count). The van der Waals surface area contributed by atoms with E-state index in [1.165, 1.54) is 0 Å². The highest BCUT2D eigenvalue weighted by Crippen LogP contribution is 2.32. The predicted molar refractivity (Wildman–Crippen MR) is 136 cm³/mol. The van der Waals surface area contributed by atoms with Gasteiger partial charge in [-0.25, -0.2) is 8.42 Å². The second-order valence-electron chi connectivity index (χ2n) is 8.85. The molecular weight excluding hydrogens is 448 g/mol. The fraction of sp³-hybridized carbons (Fsp3) is 0.269. The summed E-state index contributed by atoms with van der Waals surface area (Å²) in [4.78, 5) is 8.81. The number of hydrogen-bond donors (Lipinski definition) is 1. The number of aromatic hydroxyl groups is 1. The molecule has 0 unspecified atom stereocenters. The molecule has 1 aliphatic heterocycles. The Hall–Kier alpha value is -3.20. The molecule has 0 spiro atoms. The predicted octanol–water partition coefficient (Wildman–Crippen LogP) is 3.67. The first-order valence-corrected chi connectivity index (χ1v) is 12.8. The van der Waals surface area contributed by atoms with Gasteiger partial charge in [-0.05, 0) is 18.2 Å². The van der Waals surface area contributed by atoms with Crippen molar-refractivity contribution in [1.29, 1.82) is 0 Å². The molecule has 176 valence electrons. The van der Waals surface area contributed by atoms with Gasteiger partial charge in [0.05, 0.1) is 4.90 Å². The van der Waals surface area contributed by atoms with Crippen molar-refractivity contribution in [2.75, 3.05) is 45.2 Å². The average molecular weight is 477 g/mol. The lowest BCUT2D eigenvalue weighted by Gasteiger charge is -2.34. The topological polar surface area (TPSA) is 77.0 Å². The van der Waals surface area contributed by atoms with Crippen molar-refractivity contribution in [2.45, 2.75) is 11.4 Å². The molecular formula is C26H28N4O3S. The number of benzene rings is 3. The third kappa shape index (κ3) is 3.98. The van der Waals surface area contributed by atoms with E-state index in [1.807, 2.05) is 73.6 Å². The van der Waals surface area contributed by atoms with Crippen molar-refractivity contribution in [1.82, 2.24) is 14.2 Å². The Bertz CT molecular complexity index is 1460. The lowest BCUT2D eigenvalue weighted by atomic mass is 10.1. The van der Waals surface area contributed by atoms with Gasteiger partial charge in [0.2, 0.25) is 10.0 Å². The number of sulfonamides is 1.